The summed E-state index contributed by atoms with van der Waals surface area (Å²) in [6.07, 6.45) is 0.425. The lowest BCUT2D eigenvalue weighted by Crippen LogP contribution is -2.31. The molecule has 0 spiro atoms. The van der Waals surface area contributed by atoms with E-state index in [-0.39, 0.29) is 24.2 Å². The first-order chi connectivity index (χ1) is 14.2. The number of benzene rings is 2. The molecule has 2 aromatic carbocycles. The molecule has 1 aliphatic heterocycles. The van der Waals surface area contributed by atoms with Gasteiger partial charge in [0.2, 0.25) is 5.89 Å². The number of rotatable bonds is 5. The standard InChI is InChI=1S/C21H20N4O4/c1-28-23-17-11-18(20-22-19(13-26)24-29-20)25(12-17)21(27)16-9-7-15(8-10-16)14-5-3-2-4-6-14/h2-10,18,26H,11-13H2,1H3. The molecule has 0 bridgehead atoms. The predicted octanol–water partition coefficient (Wildman–Crippen LogP) is 2.82. The van der Waals surface area contributed by atoms with Gasteiger partial charge in [0, 0.05) is 12.0 Å². The van der Waals surface area contributed by atoms with Crippen molar-refractivity contribution < 1.29 is 19.3 Å². The molecule has 1 unspecified atom stereocenters. The van der Waals surface area contributed by atoms with Crippen molar-refractivity contribution in [2.24, 2.45) is 5.16 Å². The van der Waals surface area contributed by atoms with Crippen LogP contribution in [-0.2, 0) is 11.4 Å². The molecule has 148 valence electrons. The molecule has 1 saturated heterocycles. The van der Waals surface area contributed by atoms with Gasteiger partial charge in [0.05, 0.1) is 12.3 Å². The lowest BCUT2D eigenvalue weighted by Gasteiger charge is -2.21. The minimum Gasteiger partial charge on any atom is -0.399 e. The lowest BCUT2D eigenvalue weighted by molar-refractivity contribution is 0.0713. The van der Waals surface area contributed by atoms with E-state index in [9.17, 15) is 9.90 Å². The van der Waals surface area contributed by atoms with Crippen LogP contribution in [0.3, 0.4) is 0 Å². The summed E-state index contributed by atoms with van der Waals surface area (Å²) >= 11 is 0. The molecule has 0 radical (unpaired) electrons. The van der Waals surface area contributed by atoms with Gasteiger partial charge in [0.15, 0.2) is 5.82 Å². The molecule has 1 aromatic heterocycles. The van der Waals surface area contributed by atoms with Crippen molar-refractivity contribution in [3.8, 4) is 11.1 Å². The fraction of sp³-hybridized carbons (Fsp3) is 0.238. The first-order valence-corrected chi connectivity index (χ1v) is 9.18. The fourth-order valence-corrected chi connectivity index (χ4v) is 3.40. The van der Waals surface area contributed by atoms with Crippen LogP contribution in [0, 0.1) is 0 Å². The molecule has 3 aromatic rings. The van der Waals surface area contributed by atoms with Gasteiger partial charge < -0.3 is 19.4 Å². The van der Waals surface area contributed by atoms with Crippen LogP contribution in [0.1, 0.15) is 34.5 Å². The Labute approximate surface area is 167 Å². The molecule has 1 fully saturated rings. The Morgan fingerprint density at radius 2 is 1.93 bits per heavy atom. The van der Waals surface area contributed by atoms with Crippen LogP contribution in [0.4, 0.5) is 0 Å². The highest BCUT2D eigenvalue weighted by Gasteiger charge is 2.38. The largest absolute Gasteiger partial charge is 0.399 e. The van der Waals surface area contributed by atoms with E-state index in [2.05, 4.69) is 15.3 Å². The second-order valence-corrected chi connectivity index (χ2v) is 6.64. The normalized spacial score (nSPS) is 17.7. The summed E-state index contributed by atoms with van der Waals surface area (Å²) in [4.78, 5) is 23.9. The molecular formula is C21H20N4O4. The number of aromatic nitrogens is 2. The summed E-state index contributed by atoms with van der Waals surface area (Å²) in [5.41, 5.74) is 3.37. The second kappa shape index (κ2) is 8.24. The maximum absolute atomic E-state index is 13.2. The number of carbonyl (C=O) groups excluding carboxylic acids is 1. The smallest absolute Gasteiger partial charge is 0.254 e. The summed E-state index contributed by atoms with van der Waals surface area (Å²) in [5.74, 6) is 0.279. The Hall–Kier alpha value is -3.52. The van der Waals surface area contributed by atoms with Gasteiger partial charge in [-0.05, 0) is 23.3 Å². The average Bonchev–Trinajstić information content (AvgIpc) is 3.41. The van der Waals surface area contributed by atoms with Crippen molar-refractivity contribution in [3.63, 3.8) is 0 Å². The molecular weight excluding hydrogens is 372 g/mol. The van der Waals surface area contributed by atoms with Crippen LogP contribution in [0.15, 0.2) is 64.3 Å². The SMILES string of the molecule is CON=C1CC(c2nc(CO)no2)N(C(=O)c2ccc(-c3ccccc3)cc2)C1. The quantitative estimate of drug-likeness (QED) is 0.670. The number of hydrogen-bond donors (Lipinski definition) is 1. The van der Waals surface area contributed by atoms with Gasteiger partial charge in [-0.2, -0.15) is 4.98 Å². The zero-order chi connectivity index (χ0) is 20.2. The van der Waals surface area contributed by atoms with E-state index in [0.29, 0.717) is 24.2 Å². The molecule has 29 heavy (non-hydrogen) atoms. The van der Waals surface area contributed by atoms with Gasteiger partial charge in [-0.1, -0.05) is 52.8 Å². The van der Waals surface area contributed by atoms with Crippen molar-refractivity contribution in [1.29, 1.82) is 0 Å². The van der Waals surface area contributed by atoms with Crippen molar-refractivity contribution >= 4 is 11.6 Å². The molecule has 0 saturated carbocycles. The van der Waals surface area contributed by atoms with E-state index in [0.717, 1.165) is 11.1 Å². The third-order valence-corrected chi connectivity index (χ3v) is 4.79. The maximum Gasteiger partial charge on any atom is 0.254 e. The van der Waals surface area contributed by atoms with Gasteiger partial charge in [0.25, 0.3) is 5.91 Å². The maximum atomic E-state index is 13.2. The Bertz CT molecular complexity index is 1010. The number of likely N-dealkylation sites (tertiary alicyclic amines) is 1. The highest BCUT2D eigenvalue weighted by molar-refractivity contribution is 6.00. The van der Waals surface area contributed by atoms with Gasteiger partial charge in [0.1, 0.15) is 19.8 Å². The summed E-state index contributed by atoms with van der Waals surface area (Å²) in [6.45, 7) is -0.0290. The number of amides is 1. The summed E-state index contributed by atoms with van der Waals surface area (Å²) < 4.78 is 5.25. The second-order valence-electron chi connectivity index (χ2n) is 6.64. The molecule has 1 aliphatic rings. The van der Waals surface area contributed by atoms with Gasteiger partial charge >= 0.3 is 0 Å². The Balaban J connectivity index is 1.60. The fourth-order valence-electron chi connectivity index (χ4n) is 3.40. The van der Waals surface area contributed by atoms with Crippen molar-refractivity contribution in [2.45, 2.75) is 19.1 Å². The summed E-state index contributed by atoms with van der Waals surface area (Å²) in [5, 5.41) is 16.9. The summed E-state index contributed by atoms with van der Waals surface area (Å²) in [7, 11) is 1.46. The number of aliphatic hydroxyl groups excluding tert-OH is 1. The Kier molecular flexibility index (Phi) is 5.35. The van der Waals surface area contributed by atoms with E-state index in [4.69, 9.17) is 9.36 Å². The molecule has 1 atom stereocenters. The van der Waals surface area contributed by atoms with Crippen molar-refractivity contribution in [1.82, 2.24) is 15.0 Å². The molecule has 0 aliphatic carbocycles. The molecule has 2 heterocycles. The first kappa shape index (κ1) is 18.8. The number of aliphatic hydroxyl groups is 1. The lowest BCUT2D eigenvalue weighted by atomic mass is 10.0. The minimum atomic E-state index is -0.460. The topological polar surface area (TPSA) is 101 Å². The summed E-state index contributed by atoms with van der Waals surface area (Å²) in [6, 6.07) is 17.0. The van der Waals surface area contributed by atoms with Crippen molar-refractivity contribution in [2.75, 3.05) is 13.7 Å². The van der Waals surface area contributed by atoms with Crippen LogP contribution in [0.2, 0.25) is 0 Å². The van der Waals surface area contributed by atoms with Crippen LogP contribution in [-0.4, -0.2) is 45.4 Å². The average molecular weight is 392 g/mol. The van der Waals surface area contributed by atoms with Crippen LogP contribution in [0.5, 0.6) is 0 Å². The zero-order valence-electron chi connectivity index (χ0n) is 15.9. The molecule has 8 nitrogen and oxygen atoms in total. The van der Waals surface area contributed by atoms with Gasteiger partial charge in [-0.15, -0.1) is 0 Å². The minimum absolute atomic E-state index is 0.167. The van der Waals surface area contributed by atoms with E-state index in [1.54, 1.807) is 17.0 Å². The van der Waals surface area contributed by atoms with Crippen LogP contribution < -0.4 is 0 Å². The monoisotopic (exact) mass is 392 g/mol. The Morgan fingerprint density at radius 1 is 1.21 bits per heavy atom. The number of carbonyl (C=O) groups is 1. The number of nitrogens with zero attached hydrogens (tertiary/aromatic N) is 4. The van der Waals surface area contributed by atoms with Crippen molar-refractivity contribution in [3.05, 3.63) is 71.9 Å². The predicted molar refractivity (Wildman–Crippen MR) is 105 cm³/mol. The first-order valence-electron chi connectivity index (χ1n) is 9.18. The molecule has 1 amide bonds. The molecule has 1 N–H and O–H groups in total. The third-order valence-electron chi connectivity index (χ3n) is 4.79. The zero-order valence-corrected chi connectivity index (χ0v) is 15.9. The third kappa shape index (κ3) is 3.88. The van der Waals surface area contributed by atoms with E-state index in [1.807, 2.05) is 42.5 Å². The van der Waals surface area contributed by atoms with Gasteiger partial charge in [-0.3, -0.25) is 4.79 Å². The van der Waals surface area contributed by atoms with Crippen LogP contribution in [0.25, 0.3) is 11.1 Å². The highest BCUT2D eigenvalue weighted by Crippen LogP contribution is 2.31. The molecule has 4 rings (SSSR count). The van der Waals surface area contributed by atoms with Gasteiger partial charge in [-0.25, -0.2) is 0 Å². The van der Waals surface area contributed by atoms with Crippen LogP contribution >= 0.6 is 0 Å². The number of oxime groups is 1. The van der Waals surface area contributed by atoms with E-state index >= 15 is 0 Å². The Morgan fingerprint density at radius 3 is 2.59 bits per heavy atom. The van der Waals surface area contributed by atoms with E-state index < -0.39 is 6.04 Å². The van der Waals surface area contributed by atoms with E-state index in [1.165, 1.54) is 7.11 Å². The number of hydrogen-bond acceptors (Lipinski definition) is 7. The highest BCUT2D eigenvalue weighted by atomic mass is 16.6. The molecule has 8 heteroatoms.